The fraction of sp³-hybridized carbons (Fsp3) is 0.0714. The number of pyridine rings is 1. The zero-order valence-electron chi connectivity index (χ0n) is 10.3. The average Bonchev–Trinajstić information content (AvgIpc) is 2.86. The van der Waals surface area contributed by atoms with Gasteiger partial charge in [0.2, 0.25) is 5.89 Å². The van der Waals surface area contributed by atoms with E-state index in [4.69, 9.17) is 16.6 Å². The molecule has 5 heteroatoms. The van der Waals surface area contributed by atoms with Crippen LogP contribution in [0.2, 0.25) is 0 Å². The summed E-state index contributed by atoms with van der Waals surface area (Å²) in [6, 6.07) is 13.9. The van der Waals surface area contributed by atoms with E-state index in [0.29, 0.717) is 5.89 Å². The Hall–Kier alpha value is -2.27. The molecule has 0 radical (unpaired) electrons. The lowest BCUT2D eigenvalue weighted by Gasteiger charge is -2.04. The number of rotatable bonds is 2. The summed E-state index contributed by atoms with van der Waals surface area (Å²) in [6.07, 6.45) is 0. The van der Waals surface area contributed by atoms with Crippen molar-refractivity contribution in [2.75, 3.05) is 0 Å². The third-order valence-electron chi connectivity index (χ3n) is 2.82. The van der Waals surface area contributed by atoms with Crippen molar-refractivity contribution in [3.05, 3.63) is 53.0 Å². The van der Waals surface area contributed by atoms with Crippen molar-refractivity contribution in [1.82, 2.24) is 15.2 Å². The summed E-state index contributed by atoms with van der Waals surface area (Å²) in [5, 5.41) is 6.62. The van der Waals surface area contributed by atoms with Gasteiger partial charge in [-0.3, -0.25) is 4.98 Å². The molecule has 1 N–H and O–H groups in total. The Labute approximate surface area is 115 Å². The number of benzene rings is 1. The van der Waals surface area contributed by atoms with Crippen LogP contribution in [0.1, 0.15) is 5.69 Å². The summed E-state index contributed by atoms with van der Waals surface area (Å²) < 4.78 is 5.30. The number of nitrogens with zero attached hydrogens (tertiary/aromatic N) is 2. The molecule has 19 heavy (non-hydrogen) atoms. The molecule has 0 aliphatic carbocycles. The van der Waals surface area contributed by atoms with E-state index < -0.39 is 0 Å². The average molecular weight is 269 g/mol. The van der Waals surface area contributed by atoms with Crippen molar-refractivity contribution >= 4 is 12.2 Å². The lowest BCUT2D eigenvalue weighted by Crippen LogP contribution is -1.91. The Bertz CT molecular complexity index is 762. The van der Waals surface area contributed by atoms with Crippen LogP contribution in [0.3, 0.4) is 0 Å². The second kappa shape index (κ2) is 4.78. The Morgan fingerprint density at radius 1 is 1.11 bits per heavy atom. The maximum absolute atomic E-state index is 5.30. The molecule has 0 spiro atoms. The molecule has 4 nitrogen and oxygen atoms in total. The summed E-state index contributed by atoms with van der Waals surface area (Å²) in [7, 11) is 0. The third-order valence-corrected chi connectivity index (χ3v) is 3.00. The summed E-state index contributed by atoms with van der Waals surface area (Å²) in [6.45, 7) is 1.93. The first-order chi connectivity index (χ1) is 9.24. The van der Waals surface area contributed by atoms with E-state index in [9.17, 15) is 0 Å². The van der Waals surface area contributed by atoms with Gasteiger partial charge in [0.05, 0.1) is 17.0 Å². The predicted molar refractivity (Wildman–Crippen MR) is 75.1 cm³/mol. The molecule has 0 fully saturated rings. The fourth-order valence-corrected chi connectivity index (χ4v) is 2.03. The van der Waals surface area contributed by atoms with Gasteiger partial charge in [0.25, 0.3) is 4.84 Å². The van der Waals surface area contributed by atoms with Crippen molar-refractivity contribution < 1.29 is 4.42 Å². The summed E-state index contributed by atoms with van der Waals surface area (Å²) in [5.74, 6) is 0.467. The highest BCUT2D eigenvalue weighted by molar-refractivity contribution is 7.71. The highest BCUT2D eigenvalue weighted by atomic mass is 32.1. The van der Waals surface area contributed by atoms with Gasteiger partial charge in [-0.2, -0.15) is 0 Å². The molecule has 0 unspecified atom stereocenters. The summed E-state index contributed by atoms with van der Waals surface area (Å²) in [4.78, 5) is 4.85. The van der Waals surface area contributed by atoms with Gasteiger partial charge in [-0.1, -0.05) is 30.3 Å². The van der Waals surface area contributed by atoms with Gasteiger partial charge in [0.1, 0.15) is 0 Å². The van der Waals surface area contributed by atoms with Crippen LogP contribution in [0, 0.1) is 11.8 Å². The first-order valence-electron chi connectivity index (χ1n) is 5.83. The van der Waals surface area contributed by atoms with E-state index >= 15 is 0 Å². The maximum atomic E-state index is 5.30. The van der Waals surface area contributed by atoms with Crippen LogP contribution < -0.4 is 0 Å². The molecular formula is C14H11N3OS. The number of aromatic nitrogens is 3. The van der Waals surface area contributed by atoms with Crippen LogP contribution >= 0.6 is 12.2 Å². The van der Waals surface area contributed by atoms with Crippen molar-refractivity contribution in [3.8, 4) is 22.7 Å². The second-order valence-electron chi connectivity index (χ2n) is 4.11. The largest absolute Gasteiger partial charge is 0.409 e. The van der Waals surface area contributed by atoms with Crippen molar-refractivity contribution in [3.63, 3.8) is 0 Å². The standard InChI is InChI=1S/C14H11N3OS/c1-9-11(13-16-17-14(19)18-13)7-8-12(15-9)10-5-3-2-4-6-10/h2-8H,1H3,(H,17,19). The fourth-order valence-electron chi connectivity index (χ4n) is 1.90. The summed E-state index contributed by atoms with van der Waals surface area (Å²) in [5.41, 5.74) is 3.70. The molecule has 0 aliphatic rings. The van der Waals surface area contributed by atoms with Crippen LogP contribution in [0.25, 0.3) is 22.7 Å². The zero-order chi connectivity index (χ0) is 13.2. The molecule has 0 aliphatic heterocycles. The van der Waals surface area contributed by atoms with Crippen molar-refractivity contribution in [2.45, 2.75) is 6.92 Å². The van der Waals surface area contributed by atoms with Gasteiger partial charge >= 0.3 is 0 Å². The van der Waals surface area contributed by atoms with Gasteiger partial charge in [-0.25, -0.2) is 5.10 Å². The smallest absolute Gasteiger partial charge is 0.284 e. The van der Waals surface area contributed by atoms with E-state index in [1.807, 2.05) is 49.4 Å². The van der Waals surface area contributed by atoms with Gasteiger partial charge in [-0.15, -0.1) is 5.10 Å². The van der Waals surface area contributed by atoms with Crippen LogP contribution in [0.5, 0.6) is 0 Å². The Balaban J connectivity index is 2.06. The van der Waals surface area contributed by atoms with Gasteiger partial charge in [-0.05, 0) is 31.3 Å². The van der Waals surface area contributed by atoms with E-state index in [2.05, 4.69) is 15.2 Å². The predicted octanol–water partition coefficient (Wildman–Crippen LogP) is 3.77. The van der Waals surface area contributed by atoms with Crippen LogP contribution in [0.15, 0.2) is 46.9 Å². The molecule has 2 aromatic heterocycles. The SMILES string of the molecule is Cc1nc(-c2ccccc2)ccc1-c1n[nH]c(=S)o1. The molecule has 1 aromatic carbocycles. The van der Waals surface area contributed by atoms with Crippen molar-refractivity contribution in [1.29, 1.82) is 0 Å². The molecule has 0 atom stereocenters. The van der Waals surface area contributed by atoms with E-state index in [1.165, 1.54) is 0 Å². The van der Waals surface area contributed by atoms with Crippen LogP contribution in [-0.2, 0) is 0 Å². The Kier molecular flexibility index (Phi) is 2.97. The Morgan fingerprint density at radius 2 is 1.89 bits per heavy atom. The monoisotopic (exact) mass is 269 g/mol. The minimum atomic E-state index is 0.265. The van der Waals surface area contributed by atoms with Gasteiger partial charge in [0.15, 0.2) is 0 Å². The van der Waals surface area contributed by atoms with Crippen LogP contribution in [0.4, 0.5) is 0 Å². The molecule has 0 saturated carbocycles. The maximum Gasteiger partial charge on any atom is 0.284 e. The number of nitrogens with one attached hydrogen (secondary N) is 1. The number of hydrogen-bond acceptors (Lipinski definition) is 4. The van der Waals surface area contributed by atoms with E-state index in [1.54, 1.807) is 0 Å². The number of hydrogen-bond donors (Lipinski definition) is 1. The normalized spacial score (nSPS) is 10.6. The third kappa shape index (κ3) is 2.32. The molecule has 0 amide bonds. The summed E-state index contributed by atoms with van der Waals surface area (Å²) >= 11 is 4.87. The number of H-pyrrole nitrogens is 1. The lowest BCUT2D eigenvalue weighted by molar-refractivity contribution is 0.551. The second-order valence-corrected chi connectivity index (χ2v) is 4.48. The lowest BCUT2D eigenvalue weighted by atomic mass is 10.1. The molecule has 2 heterocycles. The number of aromatic amines is 1. The molecule has 3 aromatic rings. The Morgan fingerprint density at radius 3 is 2.53 bits per heavy atom. The van der Waals surface area contributed by atoms with E-state index in [-0.39, 0.29) is 4.84 Å². The highest BCUT2D eigenvalue weighted by Crippen LogP contribution is 2.24. The quantitative estimate of drug-likeness (QED) is 0.719. The topological polar surface area (TPSA) is 54.7 Å². The minimum absolute atomic E-state index is 0.265. The van der Waals surface area contributed by atoms with Gasteiger partial charge < -0.3 is 4.42 Å². The van der Waals surface area contributed by atoms with Crippen LogP contribution in [-0.4, -0.2) is 15.2 Å². The molecule has 0 saturated heterocycles. The molecule has 94 valence electrons. The highest BCUT2D eigenvalue weighted by Gasteiger charge is 2.10. The molecule has 3 rings (SSSR count). The molecular weight excluding hydrogens is 258 g/mol. The minimum Gasteiger partial charge on any atom is -0.409 e. The number of aryl methyl sites for hydroxylation is 1. The first-order valence-corrected chi connectivity index (χ1v) is 6.24. The zero-order valence-corrected chi connectivity index (χ0v) is 11.1. The van der Waals surface area contributed by atoms with Gasteiger partial charge in [0, 0.05) is 5.56 Å². The van der Waals surface area contributed by atoms with E-state index in [0.717, 1.165) is 22.5 Å². The molecule has 0 bridgehead atoms. The van der Waals surface area contributed by atoms with Crippen molar-refractivity contribution in [2.24, 2.45) is 0 Å². The first kappa shape index (κ1) is 11.8.